The van der Waals surface area contributed by atoms with Gasteiger partial charge in [0.15, 0.2) is 0 Å². The van der Waals surface area contributed by atoms with E-state index < -0.39 is 35.4 Å². The molecule has 1 aliphatic heterocycles. The number of nitrogens with zero attached hydrogens (tertiary/aromatic N) is 3. The molecule has 5 aromatic rings. The highest BCUT2D eigenvalue weighted by molar-refractivity contribution is 7.13. The van der Waals surface area contributed by atoms with Gasteiger partial charge in [-0.05, 0) is 65.6 Å². The Hall–Kier alpha value is -5.79. The minimum Gasteiger partial charge on any atom is -0.391 e. The standard InChI is InChI=1S/C52H67N7O9S/c1-35(39-15-17-40(18-16-39)48-36(2)54-34-69-48)55-50(63)45-30-42(60)33-59(45)51(64)49(52(3,4)5)56-46(61)21-24-66-26-28-68-29-27-67-25-23-58(22-20-41-31-53-44-9-7-6-8-43(41)44)32-38-12-10-37(11-13-38)14-19-47(62)57-65/h6-19,31,34-35,42,45,49,53,60,65H,20-30,32-33H2,1-5H3,(H,55,63)(H,56,61)(H,57,62)/b19-14+/t35-,42+,45-,49+/m0/s1. The number of likely N-dealkylation sites (tertiary alicyclic amines) is 1. The fourth-order valence-electron chi connectivity index (χ4n) is 8.24. The zero-order valence-electron chi connectivity index (χ0n) is 40.2. The number of fused-ring (bicyclic) bond motifs is 1. The molecule has 0 aliphatic carbocycles. The molecule has 4 atom stereocenters. The van der Waals surface area contributed by atoms with Crippen LogP contribution >= 0.6 is 11.3 Å². The Morgan fingerprint density at radius 2 is 1.62 bits per heavy atom. The van der Waals surface area contributed by atoms with Gasteiger partial charge in [0.05, 0.1) is 67.9 Å². The number of hydrogen-bond acceptors (Lipinski definition) is 12. The average molecular weight is 966 g/mol. The number of aliphatic hydroxyl groups excluding tert-OH is 1. The molecule has 0 spiro atoms. The van der Waals surface area contributed by atoms with Gasteiger partial charge in [-0.15, -0.1) is 11.3 Å². The fraction of sp³-hybridized carbons (Fsp3) is 0.442. The van der Waals surface area contributed by atoms with Crippen LogP contribution < -0.4 is 16.1 Å². The molecule has 6 rings (SSSR count). The van der Waals surface area contributed by atoms with Gasteiger partial charge < -0.3 is 39.8 Å². The van der Waals surface area contributed by atoms with Crippen molar-refractivity contribution in [2.75, 3.05) is 59.3 Å². The van der Waals surface area contributed by atoms with Gasteiger partial charge in [-0.25, -0.2) is 10.5 Å². The molecule has 69 heavy (non-hydrogen) atoms. The summed E-state index contributed by atoms with van der Waals surface area (Å²) in [6, 6.07) is 21.9. The number of amides is 4. The minimum atomic E-state index is -0.940. The largest absolute Gasteiger partial charge is 0.391 e. The summed E-state index contributed by atoms with van der Waals surface area (Å²) in [4.78, 5) is 64.8. The van der Waals surface area contributed by atoms with E-state index in [1.165, 1.54) is 21.9 Å². The number of carbonyl (C=O) groups is 4. The van der Waals surface area contributed by atoms with E-state index in [1.807, 2.05) is 101 Å². The number of aryl methyl sites for hydroxylation is 1. The fourth-order valence-corrected chi connectivity index (χ4v) is 9.05. The average Bonchev–Trinajstić information content (AvgIpc) is 4.08. The normalized spacial score (nSPS) is 16.0. The molecule has 0 radical (unpaired) electrons. The molecule has 0 bridgehead atoms. The minimum absolute atomic E-state index is 0.0120. The van der Waals surface area contributed by atoms with Crippen molar-refractivity contribution in [2.24, 2.45) is 5.41 Å². The highest BCUT2D eigenvalue weighted by Gasteiger charge is 2.44. The van der Waals surface area contributed by atoms with Gasteiger partial charge in [0.1, 0.15) is 12.1 Å². The topological polar surface area (TPSA) is 208 Å². The Balaban J connectivity index is 0.885. The second-order valence-electron chi connectivity index (χ2n) is 18.4. The summed E-state index contributed by atoms with van der Waals surface area (Å²) in [7, 11) is 0. The van der Waals surface area contributed by atoms with Crippen LogP contribution in [0, 0.1) is 12.3 Å². The highest BCUT2D eigenvalue weighted by Crippen LogP contribution is 2.30. The summed E-state index contributed by atoms with van der Waals surface area (Å²) in [6.45, 7) is 13.6. The number of thiazole rings is 1. The maximum atomic E-state index is 14.1. The van der Waals surface area contributed by atoms with Crippen LogP contribution in [0.15, 0.2) is 90.6 Å². The first-order valence-electron chi connectivity index (χ1n) is 23.5. The predicted octanol–water partition coefficient (Wildman–Crippen LogP) is 5.97. The number of β-amino-alcohol motifs (C(OH)–C–C–N with tert-alkyl or cyclic N) is 1. The summed E-state index contributed by atoms with van der Waals surface area (Å²) in [5.41, 5.74) is 9.96. The summed E-state index contributed by atoms with van der Waals surface area (Å²) >= 11 is 1.57. The number of hydrogen-bond donors (Lipinski definition) is 6. The second kappa shape index (κ2) is 25.7. The summed E-state index contributed by atoms with van der Waals surface area (Å²) in [5, 5.41) is 26.5. The van der Waals surface area contributed by atoms with Gasteiger partial charge in [-0.1, -0.05) is 87.5 Å². The maximum absolute atomic E-state index is 14.1. The number of H-pyrrole nitrogens is 1. The Morgan fingerprint density at radius 1 is 0.928 bits per heavy atom. The lowest BCUT2D eigenvalue weighted by Crippen LogP contribution is -2.58. The van der Waals surface area contributed by atoms with Crippen molar-refractivity contribution in [1.29, 1.82) is 0 Å². The van der Waals surface area contributed by atoms with Crippen molar-refractivity contribution in [3.63, 3.8) is 0 Å². The Morgan fingerprint density at radius 3 is 2.30 bits per heavy atom. The molecule has 16 nitrogen and oxygen atoms in total. The first-order chi connectivity index (χ1) is 33.2. The molecule has 17 heteroatoms. The van der Waals surface area contributed by atoms with Gasteiger partial charge in [0.2, 0.25) is 17.7 Å². The number of aromatic amines is 1. The third-order valence-corrected chi connectivity index (χ3v) is 13.1. The van der Waals surface area contributed by atoms with Gasteiger partial charge in [-0.2, -0.15) is 0 Å². The smallest absolute Gasteiger partial charge is 0.267 e. The number of aliphatic hydroxyl groups is 1. The lowest BCUT2D eigenvalue weighted by Gasteiger charge is -2.35. The third-order valence-electron chi connectivity index (χ3n) is 12.1. The van der Waals surface area contributed by atoms with E-state index in [0.717, 1.165) is 51.3 Å². The molecule has 1 fully saturated rings. The van der Waals surface area contributed by atoms with E-state index in [1.54, 1.807) is 22.9 Å². The number of hydroxylamine groups is 1. The van der Waals surface area contributed by atoms with Crippen LogP contribution in [-0.2, 0) is 46.4 Å². The van der Waals surface area contributed by atoms with Gasteiger partial charge in [-0.3, -0.25) is 29.3 Å². The molecule has 2 aromatic heterocycles. The number of benzene rings is 3. The molecule has 3 heterocycles. The predicted molar refractivity (Wildman–Crippen MR) is 266 cm³/mol. The lowest BCUT2D eigenvalue weighted by atomic mass is 9.85. The van der Waals surface area contributed by atoms with E-state index in [-0.39, 0.29) is 50.5 Å². The SMILES string of the molecule is Cc1ncsc1-c1ccc([C@H](C)NC(=O)[C@@H]2C[C@@H](O)CN2C(=O)[C@@H](NC(=O)CCOCCOCCOCCN(CCc2c[nH]c3ccccc23)Cc2ccc(/C=C/C(=O)NO)cc2)C(C)(C)C)cc1. The van der Waals surface area contributed by atoms with E-state index in [4.69, 9.17) is 19.4 Å². The number of nitrogens with one attached hydrogen (secondary N) is 4. The van der Waals surface area contributed by atoms with Crippen LogP contribution in [0.5, 0.6) is 0 Å². The summed E-state index contributed by atoms with van der Waals surface area (Å²) in [6.07, 6.45) is 5.08. The van der Waals surface area contributed by atoms with Gasteiger partial charge >= 0.3 is 0 Å². The monoisotopic (exact) mass is 965 g/mol. The number of rotatable bonds is 25. The Bertz CT molecular complexity index is 2470. The molecule has 0 unspecified atom stereocenters. The van der Waals surface area contributed by atoms with E-state index in [9.17, 15) is 24.3 Å². The maximum Gasteiger partial charge on any atom is 0.267 e. The van der Waals surface area contributed by atoms with Crippen molar-refractivity contribution in [3.8, 4) is 10.4 Å². The van der Waals surface area contributed by atoms with Crippen molar-refractivity contribution < 1.29 is 43.7 Å². The van der Waals surface area contributed by atoms with Crippen molar-refractivity contribution >= 4 is 51.9 Å². The van der Waals surface area contributed by atoms with Crippen molar-refractivity contribution in [3.05, 3.63) is 119 Å². The van der Waals surface area contributed by atoms with Crippen LogP contribution in [0.3, 0.4) is 0 Å². The molecular weight excluding hydrogens is 899 g/mol. The third kappa shape index (κ3) is 15.6. The van der Waals surface area contributed by atoms with Gasteiger partial charge in [0, 0.05) is 62.2 Å². The molecular formula is C52H67N7O9S. The zero-order valence-corrected chi connectivity index (χ0v) is 41.1. The molecule has 6 N–H and O–H groups in total. The quantitative estimate of drug-likeness (QED) is 0.0174. The van der Waals surface area contributed by atoms with Crippen molar-refractivity contribution in [1.82, 2.24) is 35.9 Å². The Kier molecular flexibility index (Phi) is 19.6. The van der Waals surface area contributed by atoms with Crippen LogP contribution in [-0.4, -0.2) is 131 Å². The zero-order chi connectivity index (χ0) is 49.3. The first kappa shape index (κ1) is 52.6. The number of para-hydroxylation sites is 1. The van der Waals surface area contributed by atoms with E-state index >= 15 is 0 Å². The van der Waals surface area contributed by atoms with Crippen LogP contribution in [0.4, 0.5) is 0 Å². The summed E-state index contributed by atoms with van der Waals surface area (Å²) < 4.78 is 17.4. The molecule has 4 amide bonds. The van der Waals surface area contributed by atoms with Crippen LogP contribution in [0.2, 0.25) is 0 Å². The molecule has 1 saturated heterocycles. The first-order valence-corrected chi connectivity index (χ1v) is 24.4. The van der Waals surface area contributed by atoms with Crippen LogP contribution in [0.25, 0.3) is 27.4 Å². The Labute approximate surface area is 408 Å². The number of carbonyl (C=O) groups excluding carboxylic acids is 4. The highest BCUT2D eigenvalue weighted by atomic mass is 32.1. The number of aromatic nitrogens is 2. The lowest BCUT2D eigenvalue weighted by molar-refractivity contribution is -0.144. The van der Waals surface area contributed by atoms with E-state index in [2.05, 4.69) is 43.8 Å². The molecule has 1 aliphatic rings. The van der Waals surface area contributed by atoms with Gasteiger partial charge in [0.25, 0.3) is 5.91 Å². The molecule has 0 saturated carbocycles. The molecule has 370 valence electrons. The summed E-state index contributed by atoms with van der Waals surface area (Å²) in [5.74, 6) is -1.74. The second-order valence-corrected chi connectivity index (χ2v) is 19.3. The van der Waals surface area contributed by atoms with Crippen molar-refractivity contribution in [2.45, 2.75) is 84.7 Å². The number of ether oxygens (including phenoxy) is 3. The van der Waals surface area contributed by atoms with E-state index in [0.29, 0.717) is 39.5 Å². The molecule has 3 aromatic carbocycles. The van der Waals surface area contributed by atoms with Crippen LogP contribution in [0.1, 0.15) is 74.5 Å².